The second-order valence-electron chi connectivity index (χ2n) is 7.11. The van der Waals surface area contributed by atoms with E-state index < -0.39 is 24.9 Å². The fourth-order valence-corrected chi connectivity index (χ4v) is 3.55. The van der Waals surface area contributed by atoms with Crippen molar-refractivity contribution in [2.45, 2.75) is 25.7 Å². The van der Waals surface area contributed by atoms with Crippen LogP contribution in [0.2, 0.25) is 0 Å². The van der Waals surface area contributed by atoms with Crippen molar-refractivity contribution in [3.05, 3.63) is 36.4 Å². The summed E-state index contributed by atoms with van der Waals surface area (Å²) >= 11 is 0. The molecule has 2 aliphatic heterocycles. The molecule has 4 rings (SSSR count). The smallest absolute Gasteiger partial charge is 0.282 e. The van der Waals surface area contributed by atoms with Crippen LogP contribution in [0.25, 0.3) is 5.69 Å². The monoisotopic (exact) mass is 375 g/mol. The van der Waals surface area contributed by atoms with Gasteiger partial charge in [0.15, 0.2) is 0 Å². The maximum Gasteiger partial charge on any atom is 0.282 e. The summed E-state index contributed by atoms with van der Waals surface area (Å²) < 4.78 is 27.7. The number of anilines is 1. The molecule has 2 fully saturated rings. The Kier molecular flexibility index (Phi) is 4.16. The molecule has 0 bridgehead atoms. The van der Waals surface area contributed by atoms with E-state index in [0.717, 1.165) is 16.2 Å². The van der Waals surface area contributed by atoms with Crippen molar-refractivity contribution in [2.75, 3.05) is 24.5 Å². The Morgan fingerprint density at radius 2 is 2.04 bits per heavy atom. The number of amides is 2. The van der Waals surface area contributed by atoms with Crippen molar-refractivity contribution >= 4 is 17.5 Å². The highest BCUT2D eigenvalue weighted by atomic mass is 19.3. The van der Waals surface area contributed by atoms with Gasteiger partial charge in [0, 0.05) is 31.3 Å². The standard InChI is InChI=1S/C18H19F2N5O2/c1-12-7-22-25(9-12)14-2-4-21-8-15(14)24-5-3-13(6-16(24)26)17(27)23-10-18(19,20)11-23/h2,4,7-9,13H,3,5-6,10-11H2,1H3. The van der Waals surface area contributed by atoms with Crippen LogP contribution in [0.3, 0.4) is 0 Å². The van der Waals surface area contributed by atoms with Gasteiger partial charge in [-0.3, -0.25) is 14.6 Å². The van der Waals surface area contributed by atoms with Gasteiger partial charge in [0.05, 0.1) is 36.9 Å². The van der Waals surface area contributed by atoms with Crippen LogP contribution in [-0.2, 0) is 9.59 Å². The first-order valence-corrected chi connectivity index (χ1v) is 8.77. The maximum absolute atomic E-state index is 13.0. The Hall–Kier alpha value is -2.84. The quantitative estimate of drug-likeness (QED) is 0.820. The Bertz CT molecular complexity index is 889. The molecule has 4 heterocycles. The van der Waals surface area contributed by atoms with Crippen LogP contribution in [0.4, 0.5) is 14.5 Å². The van der Waals surface area contributed by atoms with Gasteiger partial charge in [0.1, 0.15) is 0 Å². The molecule has 2 amide bonds. The van der Waals surface area contributed by atoms with Crippen LogP contribution in [-0.4, -0.2) is 57.0 Å². The molecule has 7 nitrogen and oxygen atoms in total. The molecule has 0 spiro atoms. The summed E-state index contributed by atoms with van der Waals surface area (Å²) in [5, 5.41) is 4.28. The molecule has 0 N–H and O–H groups in total. The van der Waals surface area contributed by atoms with Crippen molar-refractivity contribution in [3.63, 3.8) is 0 Å². The molecule has 9 heteroatoms. The summed E-state index contributed by atoms with van der Waals surface area (Å²) in [6.07, 6.45) is 7.24. The van der Waals surface area contributed by atoms with Crippen molar-refractivity contribution in [2.24, 2.45) is 5.92 Å². The van der Waals surface area contributed by atoms with Gasteiger partial charge in [-0.1, -0.05) is 0 Å². The number of piperidine rings is 1. The Morgan fingerprint density at radius 3 is 2.67 bits per heavy atom. The van der Waals surface area contributed by atoms with Crippen molar-refractivity contribution in [3.8, 4) is 5.69 Å². The highest BCUT2D eigenvalue weighted by Crippen LogP contribution is 2.33. The summed E-state index contributed by atoms with van der Waals surface area (Å²) in [6.45, 7) is 1.15. The van der Waals surface area contributed by atoms with E-state index in [-0.39, 0.29) is 18.2 Å². The molecule has 0 aromatic carbocycles. The first kappa shape index (κ1) is 17.6. The summed E-state index contributed by atoms with van der Waals surface area (Å²) in [7, 11) is 0. The van der Waals surface area contributed by atoms with Crippen LogP contribution in [0.15, 0.2) is 30.9 Å². The lowest BCUT2D eigenvalue weighted by atomic mass is 9.92. The zero-order chi connectivity index (χ0) is 19.2. The van der Waals surface area contributed by atoms with E-state index in [1.54, 1.807) is 34.2 Å². The minimum Gasteiger partial charge on any atom is -0.330 e. The number of hydrogen-bond acceptors (Lipinski definition) is 4. The van der Waals surface area contributed by atoms with E-state index in [1.165, 1.54) is 0 Å². The zero-order valence-corrected chi connectivity index (χ0v) is 14.8. The molecule has 0 aliphatic carbocycles. The van der Waals surface area contributed by atoms with Gasteiger partial charge in [0.2, 0.25) is 11.8 Å². The number of likely N-dealkylation sites (tertiary alicyclic amines) is 1. The first-order chi connectivity index (χ1) is 12.8. The number of aromatic nitrogens is 3. The van der Waals surface area contributed by atoms with Crippen LogP contribution in [0, 0.1) is 12.8 Å². The maximum atomic E-state index is 13.0. The molecule has 142 valence electrons. The topological polar surface area (TPSA) is 71.3 Å². The van der Waals surface area contributed by atoms with Gasteiger partial charge in [-0.15, -0.1) is 0 Å². The molecular weight excluding hydrogens is 356 g/mol. The molecule has 2 aliphatic rings. The third kappa shape index (κ3) is 3.29. The zero-order valence-electron chi connectivity index (χ0n) is 14.8. The summed E-state index contributed by atoms with van der Waals surface area (Å²) in [4.78, 5) is 31.9. The van der Waals surface area contributed by atoms with E-state index in [9.17, 15) is 18.4 Å². The molecule has 0 saturated carbocycles. The second-order valence-corrected chi connectivity index (χ2v) is 7.11. The van der Waals surface area contributed by atoms with Crippen molar-refractivity contribution in [1.29, 1.82) is 0 Å². The summed E-state index contributed by atoms with van der Waals surface area (Å²) in [5.74, 6) is -3.92. The van der Waals surface area contributed by atoms with Crippen LogP contribution < -0.4 is 4.90 Å². The number of carbonyl (C=O) groups is 2. The van der Waals surface area contributed by atoms with Crippen LogP contribution in [0.5, 0.6) is 0 Å². The van der Waals surface area contributed by atoms with E-state index in [4.69, 9.17) is 0 Å². The van der Waals surface area contributed by atoms with Crippen LogP contribution >= 0.6 is 0 Å². The van der Waals surface area contributed by atoms with Gasteiger partial charge in [-0.2, -0.15) is 5.10 Å². The highest BCUT2D eigenvalue weighted by Gasteiger charge is 2.48. The number of rotatable bonds is 3. The molecule has 1 unspecified atom stereocenters. The average Bonchev–Trinajstić information content (AvgIpc) is 3.05. The van der Waals surface area contributed by atoms with Gasteiger partial charge in [0.25, 0.3) is 5.92 Å². The van der Waals surface area contributed by atoms with Crippen molar-refractivity contribution in [1.82, 2.24) is 19.7 Å². The third-order valence-corrected chi connectivity index (χ3v) is 4.96. The number of pyridine rings is 1. The number of nitrogens with zero attached hydrogens (tertiary/aromatic N) is 5. The van der Waals surface area contributed by atoms with Crippen molar-refractivity contribution < 1.29 is 18.4 Å². The molecule has 2 aromatic rings. The Balaban J connectivity index is 1.50. The lowest BCUT2D eigenvalue weighted by Gasteiger charge is -2.42. The van der Waals surface area contributed by atoms with Gasteiger partial charge in [-0.25, -0.2) is 13.5 Å². The molecule has 2 aromatic heterocycles. The molecular formula is C18H19F2N5O2. The predicted octanol–water partition coefficient (Wildman–Crippen LogP) is 1.80. The highest BCUT2D eigenvalue weighted by molar-refractivity contribution is 5.99. The number of hydrogen-bond donors (Lipinski definition) is 0. The average molecular weight is 375 g/mol. The SMILES string of the molecule is Cc1cnn(-c2ccncc2N2CCC(C(=O)N3CC(F)(F)C3)CC2=O)c1. The summed E-state index contributed by atoms with van der Waals surface area (Å²) in [6, 6.07) is 1.77. The molecule has 2 saturated heterocycles. The fraction of sp³-hybridized carbons (Fsp3) is 0.444. The largest absolute Gasteiger partial charge is 0.330 e. The number of alkyl halides is 2. The summed E-state index contributed by atoms with van der Waals surface area (Å²) in [5.41, 5.74) is 2.32. The minimum absolute atomic E-state index is 0.00732. The molecule has 1 atom stereocenters. The van der Waals surface area contributed by atoms with E-state index in [1.807, 2.05) is 13.1 Å². The molecule has 27 heavy (non-hydrogen) atoms. The number of aryl methyl sites for hydroxylation is 1. The number of carbonyl (C=O) groups excluding carboxylic acids is 2. The number of halogens is 2. The normalized spacial score (nSPS) is 21.9. The lowest BCUT2D eigenvalue weighted by Crippen LogP contribution is -2.60. The van der Waals surface area contributed by atoms with E-state index >= 15 is 0 Å². The Morgan fingerprint density at radius 1 is 1.26 bits per heavy atom. The van der Waals surface area contributed by atoms with Crippen LogP contribution in [0.1, 0.15) is 18.4 Å². The Labute approximate surface area is 154 Å². The second kappa shape index (κ2) is 6.40. The fourth-order valence-electron chi connectivity index (χ4n) is 3.55. The van der Waals surface area contributed by atoms with Gasteiger partial charge < -0.3 is 9.80 Å². The van der Waals surface area contributed by atoms with Gasteiger partial charge in [-0.05, 0) is 25.0 Å². The van der Waals surface area contributed by atoms with Gasteiger partial charge >= 0.3 is 0 Å². The predicted molar refractivity (Wildman–Crippen MR) is 92.7 cm³/mol. The molecule has 0 radical (unpaired) electrons. The third-order valence-electron chi connectivity index (χ3n) is 4.96. The lowest BCUT2D eigenvalue weighted by molar-refractivity contribution is -0.170. The minimum atomic E-state index is -2.80. The van der Waals surface area contributed by atoms with E-state index in [0.29, 0.717) is 18.7 Å². The van der Waals surface area contributed by atoms with E-state index in [2.05, 4.69) is 10.1 Å². The first-order valence-electron chi connectivity index (χ1n) is 8.77.